The second-order valence-corrected chi connectivity index (χ2v) is 7.44. The summed E-state index contributed by atoms with van der Waals surface area (Å²) in [6.07, 6.45) is 0.814. The largest absolute Gasteiger partial charge is 0.245 e. The average Bonchev–Trinajstić information content (AvgIpc) is 2.85. The lowest BCUT2D eigenvalue weighted by Gasteiger charge is -2.03. The number of rotatable bonds is 5. The highest BCUT2D eigenvalue weighted by Crippen LogP contribution is 2.16. The minimum atomic E-state index is -3.27. The number of thiazole rings is 1. The van der Waals surface area contributed by atoms with Gasteiger partial charge in [-0.05, 0) is 24.1 Å². The Labute approximate surface area is 122 Å². The third kappa shape index (κ3) is 3.89. The van der Waals surface area contributed by atoms with E-state index in [1.165, 1.54) is 11.3 Å². The van der Waals surface area contributed by atoms with Crippen LogP contribution in [0, 0.1) is 11.3 Å². The number of sulfone groups is 1. The molecular weight excluding hydrogens is 292 g/mol. The van der Waals surface area contributed by atoms with Crippen molar-refractivity contribution in [3.8, 4) is 6.07 Å². The van der Waals surface area contributed by atoms with Crippen LogP contribution < -0.4 is 0 Å². The predicted octanol–water partition coefficient (Wildman–Crippen LogP) is 2.69. The van der Waals surface area contributed by atoms with E-state index in [2.05, 4.69) is 4.98 Å². The number of hydrogen-bond acceptors (Lipinski definition) is 5. The van der Waals surface area contributed by atoms with Gasteiger partial charge in [-0.1, -0.05) is 19.1 Å². The molecule has 4 nitrogen and oxygen atoms in total. The lowest BCUT2D eigenvalue weighted by atomic mass is 10.2. The van der Waals surface area contributed by atoms with Crippen molar-refractivity contribution in [1.82, 2.24) is 4.98 Å². The molecule has 0 aliphatic heterocycles. The Morgan fingerprint density at radius 3 is 2.80 bits per heavy atom. The molecule has 0 N–H and O–H groups in total. The molecule has 2 aromatic rings. The van der Waals surface area contributed by atoms with Crippen LogP contribution in [0.5, 0.6) is 0 Å². The molecule has 0 unspecified atom stereocenters. The predicted molar refractivity (Wildman–Crippen MR) is 79.0 cm³/mol. The molecule has 0 saturated carbocycles. The van der Waals surface area contributed by atoms with Crippen LogP contribution in [0.15, 0.2) is 29.6 Å². The van der Waals surface area contributed by atoms with Gasteiger partial charge in [0.05, 0.1) is 33.8 Å². The first-order valence-corrected chi connectivity index (χ1v) is 8.85. The van der Waals surface area contributed by atoms with Crippen molar-refractivity contribution in [2.24, 2.45) is 0 Å². The quantitative estimate of drug-likeness (QED) is 0.851. The van der Waals surface area contributed by atoms with Gasteiger partial charge in [-0.2, -0.15) is 5.26 Å². The monoisotopic (exact) mass is 306 g/mol. The summed E-state index contributed by atoms with van der Waals surface area (Å²) in [5, 5.41) is 11.6. The molecular formula is C14H14N2O2S2. The summed E-state index contributed by atoms with van der Waals surface area (Å²) < 4.78 is 24.3. The average molecular weight is 306 g/mol. The van der Waals surface area contributed by atoms with Gasteiger partial charge in [0, 0.05) is 5.38 Å². The number of nitriles is 1. The van der Waals surface area contributed by atoms with Crippen molar-refractivity contribution in [1.29, 1.82) is 5.26 Å². The Bertz CT molecular complexity index is 743. The Morgan fingerprint density at radius 1 is 1.35 bits per heavy atom. The summed E-state index contributed by atoms with van der Waals surface area (Å²) in [5.74, 6) is -0.123. The smallest absolute Gasteiger partial charge is 0.160 e. The highest BCUT2D eigenvalue weighted by molar-refractivity contribution is 7.89. The number of benzene rings is 1. The molecule has 2 rings (SSSR count). The molecule has 1 aromatic carbocycles. The van der Waals surface area contributed by atoms with E-state index < -0.39 is 9.84 Å². The van der Waals surface area contributed by atoms with Gasteiger partial charge in [0.15, 0.2) is 9.84 Å². The third-order valence-corrected chi connectivity index (χ3v) is 5.26. The van der Waals surface area contributed by atoms with E-state index in [0.29, 0.717) is 16.8 Å². The third-order valence-electron chi connectivity index (χ3n) is 2.71. The van der Waals surface area contributed by atoms with Crippen LogP contribution in [0.25, 0.3) is 0 Å². The van der Waals surface area contributed by atoms with Crippen molar-refractivity contribution in [2.75, 3.05) is 0 Å². The zero-order chi connectivity index (χ0) is 14.6. The topological polar surface area (TPSA) is 70.8 Å². The van der Waals surface area contributed by atoms with Crippen LogP contribution in [0.4, 0.5) is 0 Å². The second-order valence-electron chi connectivity index (χ2n) is 4.43. The Kier molecular flexibility index (Phi) is 4.53. The molecule has 0 fully saturated rings. The van der Waals surface area contributed by atoms with Crippen LogP contribution >= 0.6 is 11.3 Å². The van der Waals surface area contributed by atoms with E-state index in [-0.39, 0.29) is 11.5 Å². The molecule has 1 aromatic heterocycles. The van der Waals surface area contributed by atoms with Gasteiger partial charge in [-0.15, -0.1) is 11.3 Å². The molecule has 0 radical (unpaired) electrons. The molecule has 20 heavy (non-hydrogen) atoms. The van der Waals surface area contributed by atoms with Gasteiger partial charge in [-0.3, -0.25) is 0 Å². The van der Waals surface area contributed by atoms with Crippen LogP contribution in [-0.4, -0.2) is 13.4 Å². The summed E-state index contributed by atoms with van der Waals surface area (Å²) in [7, 11) is -3.27. The summed E-state index contributed by atoms with van der Waals surface area (Å²) in [6, 6.07) is 8.69. The van der Waals surface area contributed by atoms with Gasteiger partial charge in [0.2, 0.25) is 0 Å². The van der Waals surface area contributed by atoms with Crippen molar-refractivity contribution in [3.63, 3.8) is 0 Å². The highest BCUT2D eigenvalue weighted by atomic mass is 32.2. The minimum Gasteiger partial charge on any atom is -0.245 e. The molecule has 0 saturated heterocycles. The van der Waals surface area contributed by atoms with Gasteiger partial charge < -0.3 is 0 Å². The fourth-order valence-corrected chi connectivity index (χ4v) is 4.08. The van der Waals surface area contributed by atoms with Gasteiger partial charge >= 0.3 is 0 Å². The lowest BCUT2D eigenvalue weighted by Crippen LogP contribution is -2.08. The van der Waals surface area contributed by atoms with Crippen LogP contribution in [0.3, 0.4) is 0 Å². The van der Waals surface area contributed by atoms with Gasteiger partial charge in [-0.25, -0.2) is 13.4 Å². The number of hydrogen-bond donors (Lipinski definition) is 0. The van der Waals surface area contributed by atoms with E-state index in [0.717, 1.165) is 11.4 Å². The normalized spacial score (nSPS) is 11.2. The van der Waals surface area contributed by atoms with Gasteiger partial charge in [0.1, 0.15) is 0 Å². The number of nitrogens with zero attached hydrogens (tertiary/aromatic N) is 2. The maximum absolute atomic E-state index is 12.1. The first-order chi connectivity index (χ1) is 9.52. The van der Waals surface area contributed by atoms with Crippen LogP contribution in [-0.2, 0) is 27.8 Å². The van der Waals surface area contributed by atoms with E-state index in [4.69, 9.17) is 5.26 Å². The maximum atomic E-state index is 12.1. The summed E-state index contributed by atoms with van der Waals surface area (Å²) in [6.45, 7) is 1.99. The van der Waals surface area contributed by atoms with E-state index in [9.17, 15) is 8.42 Å². The zero-order valence-corrected chi connectivity index (χ0v) is 12.7. The lowest BCUT2D eigenvalue weighted by molar-refractivity contribution is 0.594. The summed E-state index contributed by atoms with van der Waals surface area (Å²) >= 11 is 1.48. The standard InChI is InChI=1S/C14H14N2O2S2/c1-2-14-16-13(8-19-14)10-20(17,18)9-12-5-3-4-11(6-12)7-15/h3-6,8H,2,9-10H2,1H3. The molecule has 0 atom stereocenters. The van der Waals surface area contributed by atoms with Crippen molar-refractivity contribution in [3.05, 3.63) is 51.5 Å². The Morgan fingerprint density at radius 2 is 2.15 bits per heavy atom. The molecule has 6 heteroatoms. The Hall–Kier alpha value is -1.71. The van der Waals surface area contributed by atoms with E-state index in [1.54, 1.807) is 29.6 Å². The molecule has 0 spiro atoms. The first-order valence-electron chi connectivity index (χ1n) is 6.15. The molecule has 0 amide bonds. The minimum absolute atomic E-state index is 0.0553. The molecule has 1 heterocycles. The SMILES string of the molecule is CCc1nc(CS(=O)(=O)Cc2cccc(C#N)c2)cs1. The van der Waals surface area contributed by atoms with Crippen molar-refractivity contribution >= 4 is 21.2 Å². The molecule has 0 bridgehead atoms. The summed E-state index contributed by atoms with van der Waals surface area (Å²) in [5.41, 5.74) is 1.71. The maximum Gasteiger partial charge on any atom is 0.160 e. The summed E-state index contributed by atoms with van der Waals surface area (Å²) in [4.78, 5) is 4.28. The number of aromatic nitrogens is 1. The van der Waals surface area contributed by atoms with Crippen molar-refractivity contribution in [2.45, 2.75) is 24.9 Å². The fourth-order valence-electron chi connectivity index (χ4n) is 1.84. The van der Waals surface area contributed by atoms with Gasteiger partial charge in [0.25, 0.3) is 0 Å². The zero-order valence-electron chi connectivity index (χ0n) is 11.0. The first kappa shape index (κ1) is 14.7. The van der Waals surface area contributed by atoms with Crippen LogP contribution in [0.2, 0.25) is 0 Å². The second kappa shape index (κ2) is 6.16. The van der Waals surface area contributed by atoms with E-state index >= 15 is 0 Å². The molecule has 104 valence electrons. The van der Waals surface area contributed by atoms with Crippen LogP contribution in [0.1, 0.15) is 28.8 Å². The Balaban J connectivity index is 2.12. The van der Waals surface area contributed by atoms with E-state index in [1.807, 2.05) is 13.0 Å². The van der Waals surface area contributed by atoms with Crippen molar-refractivity contribution < 1.29 is 8.42 Å². The fraction of sp³-hybridized carbons (Fsp3) is 0.286. The molecule has 0 aliphatic rings. The highest BCUT2D eigenvalue weighted by Gasteiger charge is 2.15. The number of aryl methyl sites for hydroxylation is 1. The molecule has 0 aliphatic carbocycles.